The molecule has 0 aliphatic heterocycles. The van der Waals surface area contributed by atoms with E-state index in [1.165, 1.54) is 11.3 Å². The summed E-state index contributed by atoms with van der Waals surface area (Å²) in [4.78, 5) is 25.5. The maximum absolute atomic E-state index is 12.7. The molecule has 2 heterocycles. The van der Waals surface area contributed by atoms with Gasteiger partial charge in [0.2, 0.25) is 0 Å². The zero-order chi connectivity index (χ0) is 21.3. The van der Waals surface area contributed by atoms with E-state index in [4.69, 9.17) is 13.9 Å². The number of amides is 1. The lowest BCUT2D eigenvalue weighted by atomic mass is 10.1. The molecule has 0 saturated heterocycles. The van der Waals surface area contributed by atoms with Crippen LogP contribution < -0.4 is 20.4 Å². The molecule has 7 heteroatoms. The molecule has 6 nitrogen and oxygen atoms in total. The molecule has 0 aliphatic rings. The summed E-state index contributed by atoms with van der Waals surface area (Å²) in [5.74, 6) is 1.21. The van der Waals surface area contributed by atoms with Crippen LogP contribution >= 0.6 is 11.3 Å². The highest BCUT2D eigenvalue weighted by Gasteiger charge is 2.16. The van der Waals surface area contributed by atoms with E-state index in [1.54, 1.807) is 26.4 Å². The van der Waals surface area contributed by atoms with Crippen molar-refractivity contribution in [3.8, 4) is 11.5 Å². The molecule has 154 valence electrons. The quantitative estimate of drug-likeness (QED) is 0.468. The van der Waals surface area contributed by atoms with E-state index in [2.05, 4.69) is 5.32 Å². The molecule has 1 amide bonds. The Labute approximate surface area is 177 Å². The van der Waals surface area contributed by atoms with E-state index in [1.807, 2.05) is 37.3 Å². The predicted octanol–water partition coefficient (Wildman–Crippen LogP) is 4.31. The van der Waals surface area contributed by atoms with Crippen LogP contribution in [0, 0.1) is 6.92 Å². The average molecular weight is 423 g/mol. The van der Waals surface area contributed by atoms with Crippen LogP contribution in [0.25, 0.3) is 21.1 Å². The summed E-state index contributed by atoms with van der Waals surface area (Å²) < 4.78 is 16.8. The zero-order valence-electron chi connectivity index (χ0n) is 16.9. The van der Waals surface area contributed by atoms with Crippen LogP contribution in [0.15, 0.2) is 51.7 Å². The van der Waals surface area contributed by atoms with Crippen LogP contribution in [0.3, 0.4) is 0 Å². The first-order chi connectivity index (χ1) is 14.5. The van der Waals surface area contributed by atoms with Crippen LogP contribution in [0.1, 0.15) is 20.8 Å². The number of ether oxygens (including phenoxy) is 2. The highest BCUT2D eigenvalue weighted by atomic mass is 32.1. The highest BCUT2D eigenvalue weighted by Crippen LogP contribution is 2.31. The summed E-state index contributed by atoms with van der Waals surface area (Å²) in [6, 6.07) is 12.8. The monoisotopic (exact) mass is 423 g/mol. The topological polar surface area (TPSA) is 77.8 Å². The van der Waals surface area contributed by atoms with E-state index in [0.29, 0.717) is 40.3 Å². The Morgan fingerprint density at radius 1 is 1.07 bits per heavy atom. The number of hydrogen-bond donors (Lipinski definition) is 1. The maximum atomic E-state index is 12.7. The Hall–Kier alpha value is -3.32. The minimum absolute atomic E-state index is 0.219. The smallest absolute Gasteiger partial charge is 0.345 e. The van der Waals surface area contributed by atoms with Gasteiger partial charge in [-0.3, -0.25) is 4.79 Å². The Bertz CT molecular complexity index is 1300. The van der Waals surface area contributed by atoms with Crippen molar-refractivity contribution in [2.24, 2.45) is 0 Å². The third-order valence-electron chi connectivity index (χ3n) is 4.93. The molecule has 0 aliphatic carbocycles. The fourth-order valence-electron chi connectivity index (χ4n) is 3.38. The Kier molecular flexibility index (Phi) is 5.46. The lowest BCUT2D eigenvalue weighted by Gasteiger charge is -2.10. The molecule has 2 aromatic carbocycles. The molecule has 0 unspecified atom stereocenters. The summed E-state index contributed by atoms with van der Waals surface area (Å²) in [7, 11) is 3.20. The minimum Gasteiger partial charge on any atom is -0.497 e. The molecule has 30 heavy (non-hydrogen) atoms. The maximum Gasteiger partial charge on any atom is 0.345 e. The standard InChI is InChI=1S/C23H21NO5S/c1-13-4-7-18-16(10-13)21-17(23(26)29-18)12-20(30-21)22(25)24-9-8-14-5-6-15(27-2)11-19(14)28-3/h4-7,10-12H,8-9H2,1-3H3,(H,24,25). The third kappa shape index (κ3) is 3.76. The number of fused-ring (bicyclic) bond motifs is 3. The van der Waals surface area contributed by atoms with Crippen LogP contribution in [0.2, 0.25) is 0 Å². The van der Waals surface area contributed by atoms with Gasteiger partial charge in [0.1, 0.15) is 17.1 Å². The van der Waals surface area contributed by atoms with Crippen molar-refractivity contribution >= 4 is 38.3 Å². The number of thiophene rings is 1. The molecule has 2 aromatic heterocycles. The Morgan fingerprint density at radius 3 is 2.67 bits per heavy atom. The molecule has 0 radical (unpaired) electrons. The van der Waals surface area contributed by atoms with Gasteiger partial charge in [-0.25, -0.2) is 4.79 Å². The first-order valence-electron chi connectivity index (χ1n) is 9.46. The average Bonchev–Trinajstić information content (AvgIpc) is 3.21. The Balaban J connectivity index is 1.54. The van der Waals surface area contributed by atoms with Crippen molar-refractivity contribution in [3.05, 3.63) is 68.9 Å². The van der Waals surface area contributed by atoms with Crippen LogP contribution in [-0.4, -0.2) is 26.7 Å². The Morgan fingerprint density at radius 2 is 1.90 bits per heavy atom. The van der Waals surface area contributed by atoms with E-state index in [-0.39, 0.29) is 5.91 Å². The molecular formula is C23H21NO5S. The summed E-state index contributed by atoms with van der Waals surface area (Å²) in [5, 5.41) is 4.19. The fourth-order valence-corrected chi connectivity index (χ4v) is 4.46. The largest absolute Gasteiger partial charge is 0.497 e. The molecule has 0 atom stereocenters. The number of rotatable bonds is 6. The van der Waals surface area contributed by atoms with Gasteiger partial charge in [-0.05, 0) is 43.2 Å². The summed E-state index contributed by atoms with van der Waals surface area (Å²) >= 11 is 1.30. The lowest BCUT2D eigenvalue weighted by Crippen LogP contribution is -2.25. The van der Waals surface area contributed by atoms with E-state index in [0.717, 1.165) is 21.2 Å². The van der Waals surface area contributed by atoms with E-state index < -0.39 is 5.63 Å². The number of hydrogen-bond acceptors (Lipinski definition) is 6. The number of benzene rings is 2. The van der Waals surface area contributed by atoms with Gasteiger partial charge in [0.05, 0.1) is 29.2 Å². The van der Waals surface area contributed by atoms with Gasteiger partial charge in [0.25, 0.3) is 5.91 Å². The SMILES string of the molecule is COc1ccc(CCNC(=O)c2cc3c(=O)oc4ccc(C)cc4c3s2)c(OC)c1. The van der Waals surface area contributed by atoms with Crippen LogP contribution in [-0.2, 0) is 6.42 Å². The fraction of sp³-hybridized carbons (Fsp3) is 0.217. The highest BCUT2D eigenvalue weighted by molar-refractivity contribution is 7.21. The molecular weight excluding hydrogens is 402 g/mol. The first-order valence-corrected chi connectivity index (χ1v) is 10.3. The second-order valence-corrected chi connectivity index (χ2v) is 7.98. The minimum atomic E-state index is -0.431. The van der Waals surface area contributed by atoms with Crippen molar-refractivity contribution < 1.29 is 18.7 Å². The molecule has 0 bridgehead atoms. The number of carbonyl (C=O) groups excluding carboxylic acids is 1. The van der Waals surface area contributed by atoms with Gasteiger partial charge < -0.3 is 19.2 Å². The number of nitrogens with one attached hydrogen (secondary N) is 1. The van der Waals surface area contributed by atoms with Crippen molar-refractivity contribution in [2.45, 2.75) is 13.3 Å². The van der Waals surface area contributed by atoms with Crippen molar-refractivity contribution in [2.75, 3.05) is 20.8 Å². The predicted molar refractivity (Wildman–Crippen MR) is 118 cm³/mol. The molecule has 1 N–H and O–H groups in total. The van der Waals surface area contributed by atoms with Gasteiger partial charge in [-0.1, -0.05) is 17.7 Å². The normalized spacial score (nSPS) is 11.0. The number of methoxy groups -OCH3 is 2. The first kappa shape index (κ1) is 20.0. The molecule has 0 fully saturated rings. The van der Waals surface area contributed by atoms with Crippen LogP contribution in [0.5, 0.6) is 11.5 Å². The van der Waals surface area contributed by atoms with Gasteiger partial charge in [0, 0.05) is 18.0 Å². The molecule has 0 saturated carbocycles. The van der Waals surface area contributed by atoms with Gasteiger partial charge >= 0.3 is 5.63 Å². The second kappa shape index (κ2) is 8.20. The number of carbonyl (C=O) groups is 1. The molecule has 4 rings (SSSR count). The molecule has 0 spiro atoms. The lowest BCUT2D eigenvalue weighted by molar-refractivity contribution is 0.0958. The van der Waals surface area contributed by atoms with Gasteiger partial charge in [-0.15, -0.1) is 11.3 Å². The number of aryl methyl sites for hydroxylation is 1. The second-order valence-electron chi connectivity index (χ2n) is 6.93. The molecule has 4 aromatic rings. The van der Waals surface area contributed by atoms with Crippen molar-refractivity contribution in [1.82, 2.24) is 5.32 Å². The van der Waals surface area contributed by atoms with Crippen LogP contribution in [0.4, 0.5) is 0 Å². The summed E-state index contributed by atoms with van der Waals surface area (Å²) in [6.45, 7) is 2.41. The van der Waals surface area contributed by atoms with Crippen molar-refractivity contribution in [1.29, 1.82) is 0 Å². The van der Waals surface area contributed by atoms with Gasteiger partial charge in [-0.2, -0.15) is 0 Å². The van der Waals surface area contributed by atoms with E-state index in [9.17, 15) is 9.59 Å². The zero-order valence-corrected chi connectivity index (χ0v) is 17.7. The third-order valence-corrected chi connectivity index (χ3v) is 6.10. The van der Waals surface area contributed by atoms with E-state index >= 15 is 0 Å². The summed E-state index contributed by atoms with van der Waals surface area (Å²) in [5.41, 5.74) is 2.13. The summed E-state index contributed by atoms with van der Waals surface area (Å²) in [6.07, 6.45) is 0.605. The van der Waals surface area contributed by atoms with Gasteiger partial charge in [0.15, 0.2) is 0 Å². The van der Waals surface area contributed by atoms with Crippen molar-refractivity contribution in [3.63, 3.8) is 0 Å².